The largest absolute Gasteiger partial charge is 0.391 e. The van der Waals surface area contributed by atoms with Crippen molar-refractivity contribution in [2.75, 3.05) is 33.2 Å². The molecular formula is C55H106N16O11. The number of aliphatic hydroxyl groups is 1. The second-order valence-corrected chi connectivity index (χ2v) is 23.1. The molecule has 10 amide bonds. The molecule has 0 radical (unpaired) electrons. The van der Waals surface area contributed by atoms with E-state index in [4.69, 9.17) is 34.4 Å². The summed E-state index contributed by atoms with van der Waals surface area (Å²) in [4.78, 5) is 143. The van der Waals surface area contributed by atoms with Gasteiger partial charge >= 0.3 is 0 Å². The third-order valence-corrected chi connectivity index (χ3v) is 13.6. The molecule has 0 fully saturated rings. The summed E-state index contributed by atoms with van der Waals surface area (Å²) in [7, 11) is 1.34. The zero-order valence-corrected chi connectivity index (χ0v) is 51.1. The van der Waals surface area contributed by atoms with Crippen molar-refractivity contribution in [1.82, 2.24) is 47.4 Å². The Hall–Kier alpha value is -6.19. The molecule has 0 aliphatic carbocycles. The van der Waals surface area contributed by atoms with Crippen molar-refractivity contribution in [2.45, 2.75) is 220 Å². The summed E-state index contributed by atoms with van der Waals surface area (Å²) in [5.74, 6) is -8.37. The highest BCUT2D eigenvalue weighted by Gasteiger charge is 2.39. The van der Waals surface area contributed by atoms with Crippen LogP contribution in [0.25, 0.3) is 0 Å². The number of nitrogens with two attached hydrogens (primary N) is 6. The van der Waals surface area contributed by atoms with Gasteiger partial charge < -0.3 is 86.9 Å². The van der Waals surface area contributed by atoms with E-state index in [1.807, 2.05) is 55.4 Å². The molecule has 0 spiro atoms. The third-order valence-electron chi connectivity index (χ3n) is 13.6. The molecular weight excluding hydrogens is 1060 g/mol. The quantitative estimate of drug-likeness (QED) is 0.0180. The maximum atomic E-state index is 14.5. The minimum absolute atomic E-state index is 0.00539. The van der Waals surface area contributed by atoms with E-state index in [-0.39, 0.29) is 107 Å². The number of unbranched alkanes of at least 4 members (excludes halogenated alkanes) is 2. The molecule has 0 heterocycles. The number of hydrogen-bond acceptors (Lipinski definition) is 15. The second kappa shape index (κ2) is 40.1. The van der Waals surface area contributed by atoms with Crippen LogP contribution in [0.15, 0.2) is 4.99 Å². The first kappa shape index (κ1) is 75.8. The van der Waals surface area contributed by atoms with Crippen molar-refractivity contribution in [1.29, 1.82) is 0 Å². The molecule has 0 saturated carbocycles. The maximum absolute atomic E-state index is 14.5. The maximum Gasteiger partial charge on any atom is 0.248 e. The number of likely N-dealkylation sites (N-methyl/N-ethyl adjacent to an activating group) is 1. The topological polar surface area (TPSA) is 459 Å². The minimum Gasteiger partial charge on any atom is -0.391 e. The van der Waals surface area contributed by atoms with Crippen molar-refractivity contribution in [2.24, 2.45) is 69.0 Å². The van der Waals surface area contributed by atoms with Crippen molar-refractivity contribution in [3.05, 3.63) is 0 Å². The lowest BCUT2D eigenvalue weighted by atomic mass is 9.96. The van der Waals surface area contributed by atoms with Crippen LogP contribution in [0, 0.1) is 29.6 Å². The number of nitrogens with one attached hydrogen (secondary N) is 8. The van der Waals surface area contributed by atoms with Gasteiger partial charge in [0.05, 0.1) is 12.6 Å². The summed E-state index contributed by atoms with van der Waals surface area (Å²) in [5, 5.41) is 32.6. The molecule has 0 saturated heterocycles. The zero-order chi connectivity index (χ0) is 63.0. The number of guanidine groups is 1. The van der Waals surface area contributed by atoms with Gasteiger partial charge in [0, 0.05) is 13.6 Å². The molecule has 0 aromatic carbocycles. The Balaban J connectivity index is 7.11. The molecule has 21 N–H and O–H groups in total. The molecule has 0 unspecified atom stereocenters. The normalized spacial score (nSPS) is 15.5. The summed E-state index contributed by atoms with van der Waals surface area (Å²) >= 11 is 0. The lowest BCUT2D eigenvalue weighted by Crippen LogP contribution is -2.62. The fourth-order valence-electron chi connectivity index (χ4n) is 8.88. The summed E-state index contributed by atoms with van der Waals surface area (Å²) in [6.07, 6.45) is 1.49. The van der Waals surface area contributed by atoms with Crippen LogP contribution in [0.2, 0.25) is 0 Å². The molecule has 27 nitrogen and oxygen atoms in total. The number of nitrogens with zero attached hydrogens (tertiary/aromatic N) is 2. The smallest absolute Gasteiger partial charge is 0.248 e. The van der Waals surface area contributed by atoms with Crippen LogP contribution in [0.4, 0.5) is 0 Å². The number of aliphatic imine (C=N–C) groups is 1. The van der Waals surface area contributed by atoms with E-state index in [1.165, 1.54) is 14.0 Å². The van der Waals surface area contributed by atoms with E-state index in [0.29, 0.717) is 32.1 Å². The molecule has 0 aliphatic heterocycles. The van der Waals surface area contributed by atoms with Crippen LogP contribution in [-0.4, -0.2) is 169 Å². The van der Waals surface area contributed by atoms with Gasteiger partial charge in [-0.15, -0.1) is 0 Å². The van der Waals surface area contributed by atoms with Crippen molar-refractivity contribution < 1.29 is 53.1 Å². The fraction of sp³-hybridized carbons (Fsp3) is 0.800. The Morgan fingerprint density at radius 2 is 0.841 bits per heavy atom. The predicted octanol–water partition coefficient (Wildman–Crippen LogP) is -1.94. The Morgan fingerprint density at radius 1 is 0.463 bits per heavy atom. The lowest BCUT2D eigenvalue weighted by Gasteiger charge is -2.34. The Labute approximate surface area is 486 Å². The average molecular weight is 1170 g/mol. The third kappa shape index (κ3) is 29.7. The van der Waals surface area contributed by atoms with Gasteiger partial charge in [0.2, 0.25) is 59.1 Å². The molecule has 0 bridgehead atoms. The number of hydrogen-bond donors (Lipinski definition) is 15. The van der Waals surface area contributed by atoms with Gasteiger partial charge in [0.25, 0.3) is 0 Å². The highest BCUT2D eigenvalue weighted by atomic mass is 16.3. The Morgan fingerprint density at radius 3 is 1.24 bits per heavy atom. The highest BCUT2D eigenvalue weighted by molar-refractivity contribution is 5.98. The zero-order valence-electron chi connectivity index (χ0n) is 51.1. The number of amides is 10. The molecule has 0 aliphatic rings. The Kier molecular flexibility index (Phi) is 37.1. The average Bonchev–Trinajstić information content (AvgIpc) is 3.40. The van der Waals surface area contributed by atoms with Crippen molar-refractivity contribution >= 4 is 65.0 Å². The molecule has 0 rings (SSSR count). The van der Waals surface area contributed by atoms with E-state index in [0.717, 1.165) is 4.90 Å². The summed E-state index contributed by atoms with van der Waals surface area (Å²) in [6, 6.07) is -11.2. The van der Waals surface area contributed by atoms with E-state index < -0.39 is 125 Å². The summed E-state index contributed by atoms with van der Waals surface area (Å²) in [6.45, 7) is 19.8. The van der Waals surface area contributed by atoms with Gasteiger partial charge in [-0.05, 0) is 127 Å². The molecule has 82 heavy (non-hydrogen) atoms. The van der Waals surface area contributed by atoms with E-state index >= 15 is 0 Å². The minimum atomic E-state index is -1.62. The number of carbonyl (C=O) groups excluding carboxylic acids is 10. The number of carbonyl (C=O) groups is 10. The monoisotopic (exact) mass is 1170 g/mol. The number of aliphatic hydroxyl groups excluding tert-OH is 1. The van der Waals surface area contributed by atoms with Crippen LogP contribution in [0.1, 0.15) is 160 Å². The van der Waals surface area contributed by atoms with E-state index in [2.05, 4.69) is 47.5 Å². The van der Waals surface area contributed by atoms with Crippen molar-refractivity contribution in [3.63, 3.8) is 0 Å². The van der Waals surface area contributed by atoms with Crippen LogP contribution >= 0.6 is 0 Å². The van der Waals surface area contributed by atoms with Gasteiger partial charge in [0.15, 0.2) is 5.96 Å². The fourth-order valence-corrected chi connectivity index (χ4v) is 8.88. The second-order valence-electron chi connectivity index (χ2n) is 23.1. The van der Waals surface area contributed by atoms with E-state index in [1.54, 1.807) is 13.8 Å². The first-order chi connectivity index (χ1) is 38.3. The van der Waals surface area contributed by atoms with Gasteiger partial charge in [-0.1, -0.05) is 75.7 Å². The molecule has 27 heteroatoms. The Bertz CT molecular complexity index is 2050. The number of primary amides is 1. The van der Waals surface area contributed by atoms with Crippen LogP contribution in [0.3, 0.4) is 0 Å². The number of rotatable bonds is 42. The van der Waals surface area contributed by atoms with Crippen LogP contribution < -0.4 is 76.9 Å². The lowest BCUT2D eigenvalue weighted by molar-refractivity contribution is -0.145. The summed E-state index contributed by atoms with van der Waals surface area (Å²) < 4.78 is 0. The highest BCUT2D eigenvalue weighted by Crippen LogP contribution is 2.17. The van der Waals surface area contributed by atoms with E-state index in [9.17, 15) is 53.1 Å². The molecule has 0 aromatic heterocycles. The molecule has 11 atom stereocenters. The first-order valence-electron chi connectivity index (χ1n) is 29.2. The standard InChI is InChI=1S/C55H106N16O11/c1-13-34(10)44(53(81)66-37(20-15-17-23-57)49(77)70-45(35(11)72)54(82)71(12)42(28-33(8)9)52(80)67-39(46(59)74)25-30(2)3)69-48(76)38(21-18-24-62-55(60)61)64-47(75)36(19-14-16-22-56)65-51(79)41(27-32(6)7)68-50(78)40(26-31(4)5)63-43(73)29-58/h30-42,44-45,72H,13-29,56-58H2,1-12H3,(H2,59,74)(H,63,73)(H,64,75)(H,65,79)(H,66,81)(H,67,80)(H,68,78)(H,69,76)(H,70,77)(H4,60,61,62)/t34-,35+,36-,37-,38-,39-,40-,41-,42-,44-,45-/m0/s1. The molecule has 0 aromatic rings. The first-order valence-corrected chi connectivity index (χ1v) is 29.2. The van der Waals surface area contributed by atoms with Gasteiger partial charge in [-0.2, -0.15) is 0 Å². The van der Waals surface area contributed by atoms with Crippen molar-refractivity contribution in [3.8, 4) is 0 Å². The van der Waals surface area contributed by atoms with Gasteiger partial charge in [0.1, 0.15) is 54.4 Å². The predicted molar refractivity (Wildman–Crippen MR) is 315 cm³/mol. The van der Waals surface area contributed by atoms with Gasteiger partial charge in [-0.25, -0.2) is 0 Å². The summed E-state index contributed by atoms with van der Waals surface area (Å²) in [5.41, 5.74) is 33.9. The SMILES string of the molecule is CC[C@H](C)[C@H](NC(=O)[C@H](CCCN=C(N)N)NC(=O)[C@H](CCCCN)NC(=O)[C@H](CC(C)C)NC(=O)[C@H](CC(C)C)NC(=O)CN)C(=O)N[C@@H](CCCCN)C(=O)N[C@H](C(=O)N(C)[C@@H](CC(C)C)C(=O)N[C@@H](CC(C)C)C(N)=O)[C@@H](C)O. The van der Waals surface area contributed by atoms with Crippen LogP contribution in [-0.2, 0) is 47.9 Å². The van der Waals surface area contributed by atoms with Gasteiger partial charge in [-0.3, -0.25) is 52.9 Å². The van der Waals surface area contributed by atoms with Crippen LogP contribution in [0.5, 0.6) is 0 Å². The molecule has 472 valence electrons.